The van der Waals surface area contributed by atoms with Crippen molar-refractivity contribution in [2.75, 3.05) is 40.6 Å². The average Bonchev–Trinajstić information content (AvgIpc) is 2.64. The molecule has 142 valence electrons. The lowest BCUT2D eigenvalue weighted by Gasteiger charge is -2.11. The fraction of sp³-hybridized carbons (Fsp3) is 0.353. The van der Waals surface area contributed by atoms with Crippen LogP contribution in [0.5, 0.6) is 11.5 Å². The lowest BCUT2D eigenvalue weighted by molar-refractivity contribution is -0.123. The highest BCUT2D eigenvalue weighted by atomic mass is 16.5. The summed E-state index contributed by atoms with van der Waals surface area (Å²) in [7, 11) is 2.91. The normalized spacial score (nSPS) is 9.77. The van der Waals surface area contributed by atoms with Gasteiger partial charge in [0.05, 0.1) is 19.3 Å². The summed E-state index contributed by atoms with van der Waals surface area (Å²) in [6, 6.07) is 3.74. The van der Waals surface area contributed by atoms with Crippen LogP contribution in [0.25, 0.3) is 0 Å². The minimum atomic E-state index is -0.758. The van der Waals surface area contributed by atoms with Gasteiger partial charge in [0.15, 0.2) is 18.1 Å². The fourth-order valence-corrected chi connectivity index (χ4v) is 1.75. The number of imide groups is 1. The number of rotatable bonds is 10. The van der Waals surface area contributed by atoms with Crippen LogP contribution in [0, 0.1) is 0 Å². The van der Waals surface area contributed by atoms with E-state index in [9.17, 15) is 14.4 Å². The topological polar surface area (TPSA) is 112 Å². The Balaban J connectivity index is 2.53. The first kappa shape index (κ1) is 21.0. The van der Waals surface area contributed by atoms with Crippen LogP contribution < -0.4 is 20.1 Å². The predicted octanol–water partition coefficient (Wildman–Crippen LogP) is 0.889. The van der Waals surface area contributed by atoms with Crippen molar-refractivity contribution in [2.45, 2.75) is 0 Å². The van der Waals surface area contributed by atoms with E-state index in [0.717, 1.165) is 0 Å². The Morgan fingerprint density at radius 1 is 1.19 bits per heavy atom. The van der Waals surface area contributed by atoms with E-state index in [1.165, 1.54) is 26.4 Å². The maximum absolute atomic E-state index is 12.0. The molecule has 1 aromatic rings. The SMILES string of the molecule is C=CCOc1ccc(C(=O)OCC(=O)NC(=O)NCCOC)cc1OC. The molecule has 0 aromatic heterocycles. The number of nitrogens with one attached hydrogen (secondary N) is 2. The lowest BCUT2D eigenvalue weighted by atomic mass is 10.2. The molecule has 0 heterocycles. The van der Waals surface area contributed by atoms with Crippen LogP contribution >= 0.6 is 0 Å². The fourth-order valence-electron chi connectivity index (χ4n) is 1.75. The maximum Gasteiger partial charge on any atom is 0.338 e. The molecule has 0 atom stereocenters. The van der Waals surface area contributed by atoms with E-state index in [2.05, 4.69) is 11.9 Å². The van der Waals surface area contributed by atoms with Crippen LogP contribution in [0.2, 0.25) is 0 Å². The number of hydrogen-bond donors (Lipinski definition) is 2. The molecule has 9 heteroatoms. The first-order valence-corrected chi connectivity index (χ1v) is 7.67. The first-order chi connectivity index (χ1) is 12.5. The van der Waals surface area contributed by atoms with Gasteiger partial charge >= 0.3 is 12.0 Å². The Morgan fingerprint density at radius 3 is 2.62 bits per heavy atom. The molecule has 0 saturated heterocycles. The number of urea groups is 1. The molecule has 0 unspecified atom stereocenters. The largest absolute Gasteiger partial charge is 0.493 e. The van der Waals surface area contributed by atoms with Gasteiger partial charge in [-0.2, -0.15) is 0 Å². The minimum Gasteiger partial charge on any atom is -0.493 e. The zero-order valence-corrected chi connectivity index (χ0v) is 14.7. The summed E-state index contributed by atoms with van der Waals surface area (Å²) in [6.07, 6.45) is 1.58. The molecule has 0 radical (unpaired) electrons. The van der Waals surface area contributed by atoms with Crippen LogP contribution in [-0.2, 0) is 14.3 Å². The van der Waals surface area contributed by atoms with Gasteiger partial charge in [-0.25, -0.2) is 9.59 Å². The molecule has 0 aliphatic carbocycles. The van der Waals surface area contributed by atoms with E-state index < -0.39 is 24.5 Å². The van der Waals surface area contributed by atoms with Crippen LogP contribution in [0.4, 0.5) is 4.79 Å². The number of carbonyl (C=O) groups excluding carboxylic acids is 3. The Bertz CT molecular complexity index is 646. The number of benzene rings is 1. The van der Waals surface area contributed by atoms with Gasteiger partial charge in [0.1, 0.15) is 6.61 Å². The second kappa shape index (κ2) is 11.5. The van der Waals surface area contributed by atoms with Crippen LogP contribution in [0.3, 0.4) is 0 Å². The highest BCUT2D eigenvalue weighted by molar-refractivity contribution is 5.97. The highest BCUT2D eigenvalue weighted by Crippen LogP contribution is 2.28. The van der Waals surface area contributed by atoms with Gasteiger partial charge in [-0.15, -0.1) is 0 Å². The van der Waals surface area contributed by atoms with E-state index >= 15 is 0 Å². The number of methoxy groups -OCH3 is 2. The van der Waals surface area contributed by atoms with Gasteiger partial charge in [0.25, 0.3) is 5.91 Å². The number of amides is 3. The van der Waals surface area contributed by atoms with Crippen LogP contribution in [-0.4, -0.2) is 58.5 Å². The summed E-state index contributed by atoms with van der Waals surface area (Å²) in [6.45, 7) is 3.78. The molecule has 0 fully saturated rings. The molecule has 3 amide bonds. The summed E-state index contributed by atoms with van der Waals surface area (Å²) < 4.78 is 20.2. The summed E-state index contributed by atoms with van der Waals surface area (Å²) >= 11 is 0. The monoisotopic (exact) mass is 366 g/mol. The van der Waals surface area contributed by atoms with E-state index in [-0.39, 0.29) is 18.7 Å². The molecule has 0 aliphatic rings. The molecule has 1 aromatic carbocycles. The summed E-state index contributed by atoms with van der Waals surface area (Å²) in [5.41, 5.74) is 0.171. The Hall–Kier alpha value is -3.07. The van der Waals surface area contributed by atoms with Crippen LogP contribution in [0.1, 0.15) is 10.4 Å². The summed E-state index contributed by atoms with van der Waals surface area (Å²) in [5.74, 6) is -0.725. The second-order valence-corrected chi connectivity index (χ2v) is 4.84. The molecule has 26 heavy (non-hydrogen) atoms. The first-order valence-electron chi connectivity index (χ1n) is 7.67. The third kappa shape index (κ3) is 7.22. The summed E-state index contributed by atoms with van der Waals surface area (Å²) in [4.78, 5) is 35.0. The van der Waals surface area contributed by atoms with E-state index in [0.29, 0.717) is 18.1 Å². The van der Waals surface area contributed by atoms with E-state index in [1.54, 1.807) is 12.1 Å². The molecule has 9 nitrogen and oxygen atoms in total. The van der Waals surface area contributed by atoms with Gasteiger partial charge in [0, 0.05) is 13.7 Å². The maximum atomic E-state index is 12.0. The third-order valence-electron chi connectivity index (χ3n) is 2.94. The van der Waals surface area contributed by atoms with E-state index in [1.807, 2.05) is 5.32 Å². The summed E-state index contributed by atoms with van der Waals surface area (Å²) in [5, 5.41) is 4.42. The number of hydrogen-bond acceptors (Lipinski definition) is 7. The van der Waals surface area contributed by atoms with Gasteiger partial charge in [0.2, 0.25) is 0 Å². The van der Waals surface area contributed by atoms with Crippen molar-refractivity contribution in [3.05, 3.63) is 36.4 Å². The van der Waals surface area contributed by atoms with Gasteiger partial charge < -0.3 is 24.3 Å². The Labute approximate surface area is 151 Å². The van der Waals surface area contributed by atoms with Crippen molar-refractivity contribution in [2.24, 2.45) is 0 Å². The molecule has 0 bridgehead atoms. The Morgan fingerprint density at radius 2 is 1.96 bits per heavy atom. The minimum absolute atomic E-state index is 0.171. The Kier molecular flexibility index (Phi) is 9.26. The van der Waals surface area contributed by atoms with Crippen molar-refractivity contribution in [3.8, 4) is 11.5 Å². The van der Waals surface area contributed by atoms with Gasteiger partial charge in [-0.1, -0.05) is 12.7 Å². The molecule has 0 aliphatic heterocycles. The molecular weight excluding hydrogens is 344 g/mol. The van der Waals surface area contributed by atoms with Crippen molar-refractivity contribution >= 4 is 17.9 Å². The molecule has 1 rings (SSSR count). The van der Waals surface area contributed by atoms with Crippen molar-refractivity contribution in [3.63, 3.8) is 0 Å². The standard InChI is InChI=1S/C17H22N2O7/c1-4-8-25-13-6-5-12(10-14(13)24-3)16(21)26-11-15(20)19-17(22)18-7-9-23-2/h4-6,10H,1,7-9,11H2,2-3H3,(H2,18,19,20,22). The zero-order valence-electron chi connectivity index (χ0n) is 14.7. The number of ether oxygens (including phenoxy) is 4. The number of esters is 1. The quantitative estimate of drug-likeness (QED) is 0.359. The van der Waals surface area contributed by atoms with Crippen molar-refractivity contribution in [1.82, 2.24) is 10.6 Å². The van der Waals surface area contributed by atoms with E-state index in [4.69, 9.17) is 18.9 Å². The number of carbonyl (C=O) groups is 3. The van der Waals surface area contributed by atoms with Crippen LogP contribution in [0.15, 0.2) is 30.9 Å². The lowest BCUT2D eigenvalue weighted by Crippen LogP contribution is -2.42. The van der Waals surface area contributed by atoms with Crippen molar-refractivity contribution < 1.29 is 33.3 Å². The van der Waals surface area contributed by atoms with Gasteiger partial charge in [-0.3, -0.25) is 10.1 Å². The molecule has 0 saturated carbocycles. The molecular formula is C17H22N2O7. The third-order valence-corrected chi connectivity index (χ3v) is 2.94. The molecule has 0 spiro atoms. The van der Waals surface area contributed by atoms with Gasteiger partial charge in [-0.05, 0) is 18.2 Å². The highest BCUT2D eigenvalue weighted by Gasteiger charge is 2.15. The smallest absolute Gasteiger partial charge is 0.338 e. The van der Waals surface area contributed by atoms with Crippen molar-refractivity contribution in [1.29, 1.82) is 0 Å². The average molecular weight is 366 g/mol. The zero-order chi connectivity index (χ0) is 19.4. The predicted molar refractivity (Wildman–Crippen MR) is 92.4 cm³/mol. The second-order valence-electron chi connectivity index (χ2n) is 4.84. The molecule has 2 N–H and O–H groups in total.